The molecule has 1 aliphatic rings. The summed E-state index contributed by atoms with van der Waals surface area (Å²) in [6, 6.07) is 4.22. The summed E-state index contributed by atoms with van der Waals surface area (Å²) in [4.78, 5) is 0. The lowest BCUT2D eigenvalue weighted by atomic mass is 10.0. The minimum atomic E-state index is 0.0954. The van der Waals surface area contributed by atoms with Gasteiger partial charge in [0.1, 0.15) is 17.6 Å². The third-order valence-corrected chi connectivity index (χ3v) is 3.11. The number of nitrogens with one attached hydrogen (secondary N) is 1. The monoisotopic (exact) mass is 249 g/mol. The molecule has 1 atom stereocenters. The molecule has 1 aliphatic heterocycles. The van der Waals surface area contributed by atoms with Crippen molar-refractivity contribution in [1.82, 2.24) is 5.32 Å². The molecule has 2 rings (SSSR count). The maximum absolute atomic E-state index is 5.80. The molecule has 1 N–H and O–H groups in total. The van der Waals surface area contributed by atoms with Crippen LogP contribution in [0.1, 0.15) is 38.8 Å². The first kappa shape index (κ1) is 13.2. The summed E-state index contributed by atoms with van der Waals surface area (Å²) in [7, 11) is 1.72. The normalized spacial score (nSPS) is 18.4. The minimum absolute atomic E-state index is 0.0954. The fourth-order valence-corrected chi connectivity index (χ4v) is 2.17. The van der Waals surface area contributed by atoms with Crippen molar-refractivity contribution < 1.29 is 9.47 Å². The third kappa shape index (κ3) is 2.96. The Bertz CT molecular complexity index is 435. The molecule has 1 heterocycles. The predicted octanol–water partition coefficient (Wildman–Crippen LogP) is 2.91. The van der Waals surface area contributed by atoms with Crippen LogP contribution in [0.3, 0.4) is 0 Å². The molecule has 0 saturated heterocycles. The summed E-state index contributed by atoms with van der Waals surface area (Å²) in [5, 5.41) is 3.48. The van der Waals surface area contributed by atoms with Crippen molar-refractivity contribution in [2.75, 3.05) is 7.11 Å². The highest BCUT2D eigenvalue weighted by Gasteiger charge is 2.22. The van der Waals surface area contributed by atoms with Crippen LogP contribution in [0.25, 0.3) is 0 Å². The Morgan fingerprint density at radius 3 is 2.72 bits per heavy atom. The molecule has 0 saturated carbocycles. The molecule has 0 aromatic heterocycles. The number of benzene rings is 1. The third-order valence-electron chi connectivity index (χ3n) is 3.11. The van der Waals surface area contributed by atoms with E-state index in [-0.39, 0.29) is 11.6 Å². The standard InChI is InChI=1S/C15H23NO2/c1-10-6-11-7-13(17-5)12(8-14(11)18-10)9-16-15(2,3)4/h7-8,10,16H,6,9H2,1-5H3. The van der Waals surface area contributed by atoms with E-state index in [2.05, 4.69) is 45.1 Å². The second-order valence-electron chi connectivity index (χ2n) is 6.01. The van der Waals surface area contributed by atoms with Crippen LogP contribution in [0, 0.1) is 0 Å². The highest BCUT2D eigenvalue weighted by atomic mass is 16.5. The molecule has 3 heteroatoms. The number of hydrogen-bond acceptors (Lipinski definition) is 3. The van der Waals surface area contributed by atoms with Gasteiger partial charge in [0.15, 0.2) is 0 Å². The van der Waals surface area contributed by atoms with Crippen molar-refractivity contribution in [3.8, 4) is 11.5 Å². The number of rotatable bonds is 3. The van der Waals surface area contributed by atoms with Crippen LogP contribution in [-0.4, -0.2) is 18.8 Å². The van der Waals surface area contributed by atoms with E-state index in [1.54, 1.807) is 7.11 Å². The second-order valence-corrected chi connectivity index (χ2v) is 6.01. The van der Waals surface area contributed by atoms with Gasteiger partial charge in [0.05, 0.1) is 7.11 Å². The zero-order chi connectivity index (χ0) is 13.3. The molecular weight excluding hydrogens is 226 g/mol. The summed E-state index contributed by atoms with van der Waals surface area (Å²) in [6.45, 7) is 9.36. The van der Waals surface area contributed by atoms with Gasteiger partial charge in [-0.1, -0.05) is 0 Å². The lowest BCUT2D eigenvalue weighted by Crippen LogP contribution is -2.35. The molecule has 0 amide bonds. The van der Waals surface area contributed by atoms with Gasteiger partial charge in [-0.3, -0.25) is 0 Å². The number of hydrogen-bond donors (Lipinski definition) is 1. The van der Waals surface area contributed by atoms with E-state index in [0.717, 1.165) is 30.0 Å². The van der Waals surface area contributed by atoms with E-state index in [0.29, 0.717) is 0 Å². The van der Waals surface area contributed by atoms with Crippen LogP contribution in [-0.2, 0) is 13.0 Å². The van der Waals surface area contributed by atoms with Crippen LogP contribution in [0.15, 0.2) is 12.1 Å². The molecule has 1 aromatic carbocycles. The molecule has 0 radical (unpaired) electrons. The quantitative estimate of drug-likeness (QED) is 0.893. The molecular formula is C15H23NO2. The Hall–Kier alpha value is -1.22. The van der Waals surface area contributed by atoms with Crippen LogP contribution < -0.4 is 14.8 Å². The number of ether oxygens (including phenoxy) is 2. The molecule has 0 aliphatic carbocycles. The van der Waals surface area contributed by atoms with Gasteiger partial charge in [0.25, 0.3) is 0 Å². The van der Waals surface area contributed by atoms with Crippen LogP contribution in [0.2, 0.25) is 0 Å². The Morgan fingerprint density at radius 1 is 1.39 bits per heavy atom. The van der Waals surface area contributed by atoms with E-state index in [9.17, 15) is 0 Å². The molecule has 0 spiro atoms. The first-order valence-electron chi connectivity index (χ1n) is 6.50. The first-order chi connectivity index (χ1) is 8.39. The Morgan fingerprint density at radius 2 is 2.11 bits per heavy atom. The van der Waals surface area contributed by atoms with E-state index >= 15 is 0 Å². The zero-order valence-electron chi connectivity index (χ0n) is 12.0. The average molecular weight is 249 g/mol. The van der Waals surface area contributed by atoms with Gasteiger partial charge >= 0.3 is 0 Å². The fourth-order valence-electron chi connectivity index (χ4n) is 2.17. The molecule has 100 valence electrons. The number of fused-ring (bicyclic) bond motifs is 1. The molecule has 0 fully saturated rings. The maximum Gasteiger partial charge on any atom is 0.123 e. The van der Waals surface area contributed by atoms with E-state index in [4.69, 9.17) is 9.47 Å². The lowest BCUT2D eigenvalue weighted by molar-refractivity contribution is 0.254. The molecule has 0 bridgehead atoms. The van der Waals surface area contributed by atoms with Gasteiger partial charge in [0, 0.05) is 29.6 Å². The summed E-state index contributed by atoms with van der Waals surface area (Å²) in [5.41, 5.74) is 2.50. The van der Waals surface area contributed by atoms with Crippen LogP contribution >= 0.6 is 0 Å². The Kier molecular flexibility index (Phi) is 3.53. The second kappa shape index (κ2) is 4.81. The van der Waals surface area contributed by atoms with Crippen molar-refractivity contribution >= 4 is 0 Å². The predicted molar refractivity (Wildman–Crippen MR) is 73.4 cm³/mol. The van der Waals surface area contributed by atoms with E-state index < -0.39 is 0 Å². The molecule has 1 aromatic rings. The topological polar surface area (TPSA) is 30.5 Å². The first-order valence-corrected chi connectivity index (χ1v) is 6.50. The van der Waals surface area contributed by atoms with Gasteiger partial charge < -0.3 is 14.8 Å². The summed E-state index contributed by atoms with van der Waals surface area (Å²) in [5.74, 6) is 1.96. The van der Waals surface area contributed by atoms with Crippen LogP contribution in [0.5, 0.6) is 11.5 Å². The average Bonchev–Trinajstić information content (AvgIpc) is 2.63. The smallest absolute Gasteiger partial charge is 0.123 e. The molecule has 1 unspecified atom stereocenters. The van der Waals surface area contributed by atoms with Gasteiger partial charge in [-0.05, 0) is 39.8 Å². The van der Waals surface area contributed by atoms with Crippen molar-refractivity contribution in [2.45, 2.75) is 52.3 Å². The Balaban J connectivity index is 2.22. The largest absolute Gasteiger partial charge is 0.496 e. The Labute approximate surface area is 109 Å². The summed E-state index contributed by atoms with van der Waals surface area (Å²) < 4.78 is 11.3. The lowest BCUT2D eigenvalue weighted by Gasteiger charge is -2.21. The van der Waals surface area contributed by atoms with E-state index in [1.807, 2.05) is 0 Å². The maximum atomic E-state index is 5.80. The fraction of sp³-hybridized carbons (Fsp3) is 0.600. The van der Waals surface area contributed by atoms with Gasteiger partial charge in [-0.2, -0.15) is 0 Å². The number of methoxy groups -OCH3 is 1. The van der Waals surface area contributed by atoms with Crippen molar-refractivity contribution in [2.24, 2.45) is 0 Å². The summed E-state index contributed by atoms with van der Waals surface area (Å²) >= 11 is 0. The van der Waals surface area contributed by atoms with Gasteiger partial charge in [-0.15, -0.1) is 0 Å². The van der Waals surface area contributed by atoms with Crippen LogP contribution in [0.4, 0.5) is 0 Å². The molecule has 18 heavy (non-hydrogen) atoms. The molecule has 3 nitrogen and oxygen atoms in total. The van der Waals surface area contributed by atoms with Crippen molar-refractivity contribution in [1.29, 1.82) is 0 Å². The van der Waals surface area contributed by atoms with E-state index in [1.165, 1.54) is 5.56 Å². The van der Waals surface area contributed by atoms with Crippen molar-refractivity contribution in [3.63, 3.8) is 0 Å². The highest BCUT2D eigenvalue weighted by Crippen LogP contribution is 2.35. The highest BCUT2D eigenvalue weighted by molar-refractivity contribution is 5.48. The summed E-state index contributed by atoms with van der Waals surface area (Å²) in [6.07, 6.45) is 1.24. The van der Waals surface area contributed by atoms with Crippen molar-refractivity contribution in [3.05, 3.63) is 23.3 Å². The van der Waals surface area contributed by atoms with Gasteiger partial charge in [-0.25, -0.2) is 0 Å². The SMILES string of the molecule is COc1cc2c(cc1CNC(C)(C)C)OC(C)C2. The van der Waals surface area contributed by atoms with Gasteiger partial charge in [0.2, 0.25) is 0 Å². The minimum Gasteiger partial charge on any atom is -0.496 e. The zero-order valence-corrected chi connectivity index (χ0v) is 12.0.